The Hall–Kier alpha value is -0.880. The fourth-order valence-corrected chi connectivity index (χ4v) is 1.19. The van der Waals surface area contributed by atoms with Gasteiger partial charge < -0.3 is 0 Å². The van der Waals surface area contributed by atoms with Gasteiger partial charge in [0, 0.05) is 10.0 Å². The van der Waals surface area contributed by atoms with Crippen LogP contribution in [-0.2, 0) is 0 Å². The van der Waals surface area contributed by atoms with Crippen molar-refractivity contribution in [2.45, 2.75) is 20.8 Å². The number of hydrogen-bond acceptors (Lipinski definition) is 1. The van der Waals surface area contributed by atoms with Crippen LogP contribution in [0.3, 0.4) is 0 Å². The lowest BCUT2D eigenvalue weighted by atomic mass is 10.1. The first-order valence-corrected chi connectivity index (χ1v) is 4.80. The summed E-state index contributed by atoms with van der Waals surface area (Å²) >= 11 is 3.10. The Kier molecular flexibility index (Phi) is 5.33. The second kappa shape index (κ2) is 5.71. The van der Waals surface area contributed by atoms with Crippen molar-refractivity contribution in [1.29, 1.82) is 5.26 Å². The summed E-state index contributed by atoms with van der Waals surface area (Å²) < 4.78 is 13.4. The molecule has 0 aliphatic carbocycles. The Morgan fingerprint density at radius 2 is 1.92 bits per heavy atom. The molecule has 70 valence electrons. The minimum Gasteiger partial charge on any atom is -0.207 e. The lowest BCUT2D eigenvalue weighted by Gasteiger charge is -1.98. The van der Waals surface area contributed by atoms with Gasteiger partial charge in [0.1, 0.15) is 5.82 Å². The number of benzene rings is 1. The minimum absolute atomic E-state index is 0.351. The predicted octanol–water partition coefficient (Wildman–Crippen LogP) is 3.79. The summed E-state index contributed by atoms with van der Waals surface area (Å²) in [7, 11) is 0. The van der Waals surface area contributed by atoms with Gasteiger partial charge in [-0.25, -0.2) is 4.39 Å². The van der Waals surface area contributed by atoms with Crippen LogP contribution in [0.25, 0.3) is 0 Å². The van der Waals surface area contributed by atoms with E-state index in [1.165, 1.54) is 6.07 Å². The maximum absolute atomic E-state index is 12.8. The highest BCUT2D eigenvalue weighted by Gasteiger charge is 2.04. The molecule has 0 N–H and O–H groups in total. The zero-order valence-corrected chi connectivity index (χ0v) is 9.44. The van der Waals surface area contributed by atoms with Gasteiger partial charge >= 0.3 is 0 Å². The number of halogens is 2. The van der Waals surface area contributed by atoms with Crippen LogP contribution >= 0.6 is 15.9 Å². The standard InChI is InChI=1S/C8H5BrFN.C2H6/c1-5-6(4-11)2-7(9)3-8(5)10;1-2/h2-3H,1H3;1-2H3. The van der Waals surface area contributed by atoms with E-state index in [-0.39, 0.29) is 5.82 Å². The van der Waals surface area contributed by atoms with Crippen molar-refractivity contribution in [3.05, 3.63) is 33.5 Å². The van der Waals surface area contributed by atoms with Crippen LogP contribution in [0.1, 0.15) is 25.0 Å². The average molecular weight is 244 g/mol. The molecule has 13 heavy (non-hydrogen) atoms. The van der Waals surface area contributed by atoms with E-state index < -0.39 is 0 Å². The molecule has 0 aliphatic heterocycles. The summed E-state index contributed by atoms with van der Waals surface area (Å²) in [5, 5.41) is 8.53. The normalized spacial score (nSPS) is 8.31. The summed E-state index contributed by atoms with van der Waals surface area (Å²) in [5.41, 5.74) is 0.771. The highest BCUT2D eigenvalue weighted by molar-refractivity contribution is 9.10. The summed E-state index contributed by atoms with van der Waals surface area (Å²) in [4.78, 5) is 0. The van der Waals surface area contributed by atoms with Crippen molar-refractivity contribution in [3.8, 4) is 6.07 Å². The van der Waals surface area contributed by atoms with E-state index in [4.69, 9.17) is 5.26 Å². The lowest BCUT2D eigenvalue weighted by Crippen LogP contribution is -1.87. The molecule has 1 rings (SSSR count). The van der Waals surface area contributed by atoms with Crippen molar-refractivity contribution in [2.75, 3.05) is 0 Å². The van der Waals surface area contributed by atoms with E-state index in [1.54, 1.807) is 13.0 Å². The molecule has 0 fully saturated rings. The van der Waals surface area contributed by atoms with Crippen molar-refractivity contribution in [1.82, 2.24) is 0 Å². The molecule has 0 unspecified atom stereocenters. The molecule has 0 bridgehead atoms. The van der Waals surface area contributed by atoms with Crippen molar-refractivity contribution >= 4 is 15.9 Å². The van der Waals surface area contributed by atoms with Gasteiger partial charge in [-0.05, 0) is 19.1 Å². The summed E-state index contributed by atoms with van der Waals surface area (Å²) in [6.07, 6.45) is 0. The van der Waals surface area contributed by atoms with E-state index in [0.717, 1.165) is 0 Å². The molecule has 0 spiro atoms. The zero-order valence-electron chi connectivity index (χ0n) is 7.86. The first-order chi connectivity index (χ1) is 6.15. The Bertz CT molecular complexity index is 328. The van der Waals surface area contributed by atoms with Crippen molar-refractivity contribution in [3.63, 3.8) is 0 Å². The van der Waals surface area contributed by atoms with E-state index in [1.807, 2.05) is 19.9 Å². The zero-order chi connectivity index (χ0) is 10.4. The van der Waals surface area contributed by atoms with Crippen LogP contribution < -0.4 is 0 Å². The smallest absolute Gasteiger partial charge is 0.128 e. The van der Waals surface area contributed by atoms with Gasteiger partial charge in [-0.1, -0.05) is 29.8 Å². The third kappa shape index (κ3) is 3.16. The first kappa shape index (κ1) is 12.1. The van der Waals surface area contributed by atoms with Gasteiger partial charge in [0.15, 0.2) is 0 Å². The van der Waals surface area contributed by atoms with E-state index in [2.05, 4.69) is 15.9 Å². The highest BCUT2D eigenvalue weighted by atomic mass is 79.9. The second-order valence-corrected chi connectivity index (χ2v) is 3.09. The van der Waals surface area contributed by atoms with Crippen LogP contribution in [0.15, 0.2) is 16.6 Å². The molecular formula is C10H11BrFN. The number of nitriles is 1. The minimum atomic E-state index is -0.351. The topological polar surface area (TPSA) is 23.8 Å². The van der Waals surface area contributed by atoms with Gasteiger partial charge in [-0.15, -0.1) is 0 Å². The van der Waals surface area contributed by atoms with E-state index >= 15 is 0 Å². The molecule has 0 heterocycles. The van der Waals surface area contributed by atoms with Crippen LogP contribution in [0, 0.1) is 24.1 Å². The molecule has 3 heteroatoms. The Balaban J connectivity index is 0.000000671. The number of hydrogen-bond donors (Lipinski definition) is 0. The van der Waals surface area contributed by atoms with Crippen LogP contribution in [0.4, 0.5) is 4.39 Å². The molecular weight excluding hydrogens is 233 g/mol. The van der Waals surface area contributed by atoms with Crippen molar-refractivity contribution in [2.24, 2.45) is 0 Å². The third-order valence-corrected chi connectivity index (χ3v) is 1.89. The first-order valence-electron chi connectivity index (χ1n) is 4.01. The quantitative estimate of drug-likeness (QED) is 0.681. The van der Waals surface area contributed by atoms with E-state index in [0.29, 0.717) is 15.6 Å². The maximum atomic E-state index is 12.8. The van der Waals surface area contributed by atoms with Gasteiger partial charge in [-0.3, -0.25) is 0 Å². The molecule has 0 aliphatic rings. The summed E-state index contributed by atoms with van der Waals surface area (Å²) in [6.45, 7) is 5.58. The Morgan fingerprint density at radius 1 is 1.38 bits per heavy atom. The SMILES string of the molecule is CC.Cc1c(F)cc(Br)cc1C#N. The predicted molar refractivity (Wildman–Crippen MR) is 54.9 cm³/mol. The largest absolute Gasteiger partial charge is 0.207 e. The lowest BCUT2D eigenvalue weighted by molar-refractivity contribution is 0.617. The van der Waals surface area contributed by atoms with Gasteiger partial charge in [0.05, 0.1) is 11.6 Å². The molecule has 0 radical (unpaired) electrons. The van der Waals surface area contributed by atoms with Gasteiger partial charge in [-0.2, -0.15) is 5.26 Å². The molecule has 0 saturated carbocycles. The molecule has 1 nitrogen and oxygen atoms in total. The highest BCUT2D eigenvalue weighted by Crippen LogP contribution is 2.18. The van der Waals surface area contributed by atoms with Crippen LogP contribution in [-0.4, -0.2) is 0 Å². The summed E-state index contributed by atoms with van der Waals surface area (Å²) in [5.74, 6) is -0.351. The fraction of sp³-hybridized carbons (Fsp3) is 0.300. The molecule has 0 amide bonds. The third-order valence-electron chi connectivity index (χ3n) is 1.43. The Morgan fingerprint density at radius 3 is 2.38 bits per heavy atom. The molecule has 0 saturated heterocycles. The Labute approximate surface area is 86.3 Å². The number of nitrogens with zero attached hydrogens (tertiary/aromatic N) is 1. The van der Waals surface area contributed by atoms with Crippen molar-refractivity contribution < 1.29 is 4.39 Å². The maximum Gasteiger partial charge on any atom is 0.128 e. The average Bonchev–Trinajstić information content (AvgIpc) is 2.14. The fourth-order valence-electron chi connectivity index (χ4n) is 0.762. The van der Waals surface area contributed by atoms with E-state index in [9.17, 15) is 4.39 Å². The van der Waals surface area contributed by atoms with Crippen LogP contribution in [0.5, 0.6) is 0 Å². The molecule has 0 aromatic heterocycles. The van der Waals surface area contributed by atoms with Gasteiger partial charge in [0.2, 0.25) is 0 Å². The molecule has 1 aromatic rings. The molecule has 1 aromatic carbocycles. The summed E-state index contributed by atoms with van der Waals surface area (Å²) in [6, 6.07) is 4.85. The van der Waals surface area contributed by atoms with Gasteiger partial charge in [0.25, 0.3) is 0 Å². The molecule has 0 atom stereocenters. The monoisotopic (exact) mass is 243 g/mol. The second-order valence-electron chi connectivity index (χ2n) is 2.17. The number of rotatable bonds is 0. The van der Waals surface area contributed by atoms with Crippen LogP contribution in [0.2, 0.25) is 0 Å².